The number of nitrogens with zero attached hydrogens (tertiary/aromatic N) is 1. The van der Waals surface area contributed by atoms with Crippen molar-refractivity contribution < 1.29 is 9.53 Å². The second-order valence-corrected chi connectivity index (χ2v) is 7.04. The molecule has 0 radical (unpaired) electrons. The number of rotatable bonds is 8. The summed E-state index contributed by atoms with van der Waals surface area (Å²) in [6, 6.07) is 0. The van der Waals surface area contributed by atoms with Crippen LogP contribution in [-0.4, -0.2) is 49.7 Å². The molecule has 0 amide bonds. The van der Waals surface area contributed by atoms with E-state index in [0.717, 1.165) is 32.4 Å². The normalized spacial score (nSPS) is 21.6. The highest BCUT2D eigenvalue weighted by Crippen LogP contribution is 2.29. The van der Waals surface area contributed by atoms with Gasteiger partial charge >= 0.3 is 5.97 Å². The topological polar surface area (TPSA) is 41.6 Å². The Morgan fingerprint density at radius 3 is 2.65 bits per heavy atom. The van der Waals surface area contributed by atoms with Gasteiger partial charge in [0.2, 0.25) is 0 Å². The molecule has 4 nitrogen and oxygen atoms in total. The molecular weight excluding hydrogens is 252 g/mol. The van der Waals surface area contributed by atoms with Gasteiger partial charge in [-0.15, -0.1) is 0 Å². The summed E-state index contributed by atoms with van der Waals surface area (Å²) in [7, 11) is 1.47. The molecule has 1 saturated heterocycles. The van der Waals surface area contributed by atoms with Crippen molar-refractivity contribution in [3.63, 3.8) is 0 Å². The maximum absolute atomic E-state index is 12.0. The first kappa shape index (κ1) is 17.4. The standard InChI is InChI=1S/C16H32N2O2/c1-6-10-17-16(4,14(19)20-5)8-7-11-18-12-9-15(2,3)13-18/h17H,6-13H2,1-5H3. The molecule has 118 valence electrons. The zero-order valence-electron chi connectivity index (χ0n) is 13.9. The predicted octanol–water partition coefficient (Wildman–Crippen LogP) is 2.43. The Labute approximate surface area is 124 Å². The van der Waals surface area contributed by atoms with E-state index < -0.39 is 5.54 Å². The molecule has 1 aliphatic rings. The van der Waals surface area contributed by atoms with Crippen LogP contribution >= 0.6 is 0 Å². The Morgan fingerprint density at radius 2 is 2.15 bits per heavy atom. The minimum atomic E-state index is -0.542. The molecule has 0 aromatic carbocycles. The molecule has 0 saturated carbocycles. The smallest absolute Gasteiger partial charge is 0.325 e. The van der Waals surface area contributed by atoms with Gasteiger partial charge in [-0.1, -0.05) is 20.8 Å². The quantitative estimate of drug-likeness (QED) is 0.695. The highest BCUT2D eigenvalue weighted by molar-refractivity contribution is 5.80. The van der Waals surface area contributed by atoms with Crippen molar-refractivity contribution in [3.05, 3.63) is 0 Å². The maximum atomic E-state index is 12.0. The molecule has 1 unspecified atom stereocenters. The maximum Gasteiger partial charge on any atom is 0.325 e. The Bertz CT molecular complexity index is 318. The number of methoxy groups -OCH3 is 1. The van der Waals surface area contributed by atoms with Gasteiger partial charge < -0.3 is 15.0 Å². The molecule has 0 bridgehead atoms. The van der Waals surface area contributed by atoms with E-state index in [-0.39, 0.29) is 5.97 Å². The third kappa shape index (κ3) is 5.06. The number of nitrogens with one attached hydrogen (secondary N) is 1. The van der Waals surface area contributed by atoms with Crippen molar-refractivity contribution in [3.8, 4) is 0 Å². The van der Waals surface area contributed by atoms with Crippen LogP contribution in [0.3, 0.4) is 0 Å². The fourth-order valence-corrected chi connectivity index (χ4v) is 2.96. The van der Waals surface area contributed by atoms with Gasteiger partial charge in [0.1, 0.15) is 5.54 Å². The minimum Gasteiger partial charge on any atom is -0.468 e. The van der Waals surface area contributed by atoms with Crippen LogP contribution < -0.4 is 5.32 Å². The third-order valence-electron chi connectivity index (χ3n) is 4.31. The number of hydrogen-bond acceptors (Lipinski definition) is 4. The first-order chi connectivity index (χ1) is 9.33. The lowest BCUT2D eigenvalue weighted by Crippen LogP contribution is -2.50. The largest absolute Gasteiger partial charge is 0.468 e. The fraction of sp³-hybridized carbons (Fsp3) is 0.938. The average Bonchev–Trinajstić information content (AvgIpc) is 2.75. The highest BCUT2D eigenvalue weighted by Gasteiger charge is 2.34. The molecule has 1 heterocycles. The Balaban J connectivity index is 2.41. The minimum absolute atomic E-state index is 0.146. The van der Waals surface area contributed by atoms with Crippen LogP contribution in [0.15, 0.2) is 0 Å². The van der Waals surface area contributed by atoms with Gasteiger partial charge in [-0.2, -0.15) is 0 Å². The van der Waals surface area contributed by atoms with Crippen molar-refractivity contribution in [2.45, 2.75) is 58.9 Å². The molecule has 1 aliphatic heterocycles. The summed E-state index contributed by atoms with van der Waals surface area (Å²) in [6.45, 7) is 13.0. The summed E-state index contributed by atoms with van der Waals surface area (Å²) in [6.07, 6.45) is 4.15. The Kier molecular flexibility index (Phi) is 6.46. The highest BCUT2D eigenvalue weighted by atomic mass is 16.5. The summed E-state index contributed by atoms with van der Waals surface area (Å²) in [4.78, 5) is 14.5. The molecule has 1 rings (SSSR count). The van der Waals surface area contributed by atoms with Crippen LogP contribution in [0.1, 0.15) is 53.4 Å². The van der Waals surface area contributed by atoms with Crippen molar-refractivity contribution in [2.24, 2.45) is 5.41 Å². The van der Waals surface area contributed by atoms with Gasteiger partial charge in [0.25, 0.3) is 0 Å². The average molecular weight is 284 g/mol. The van der Waals surface area contributed by atoms with Crippen LogP contribution in [0.2, 0.25) is 0 Å². The number of ether oxygens (including phenoxy) is 1. The van der Waals surface area contributed by atoms with Crippen LogP contribution in [0.25, 0.3) is 0 Å². The SMILES string of the molecule is CCCNC(C)(CCCN1CCC(C)(C)C1)C(=O)OC. The number of esters is 1. The molecule has 20 heavy (non-hydrogen) atoms. The van der Waals surface area contributed by atoms with Gasteiger partial charge in [-0.05, 0) is 57.7 Å². The lowest BCUT2D eigenvalue weighted by molar-refractivity contribution is -0.148. The van der Waals surface area contributed by atoms with Crippen molar-refractivity contribution in [1.82, 2.24) is 10.2 Å². The second-order valence-electron chi connectivity index (χ2n) is 7.04. The lowest BCUT2D eigenvalue weighted by atomic mass is 9.93. The molecular formula is C16H32N2O2. The van der Waals surface area contributed by atoms with Gasteiger partial charge in [0.15, 0.2) is 0 Å². The Hall–Kier alpha value is -0.610. The van der Waals surface area contributed by atoms with E-state index in [1.807, 2.05) is 6.92 Å². The number of carbonyl (C=O) groups excluding carboxylic acids is 1. The van der Waals surface area contributed by atoms with E-state index in [1.165, 1.54) is 26.6 Å². The van der Waals surface area contributed by atoms with Gasteiger partial charge in [-0.25, -0.2) is 0 Å². The first-order valence-corrected chi connectivity index (χ1v) is 7.89. The molecule has 0 spiro atoms. The zero-order chi connectivity index (χ0) is 15.2. The second kappa shape index (κ2) is 7.41. The zero-order valence-corrected chi connectivity index (χ0v) is 13.9. The van der Waals surface area contributed by atoms with Crippen molar-refractivity contribution in [1.29, 1.82) is 0 Å². The summed E-state index contributed by atoms with van der Waals surface area (Å²) < 4.78 is 4.95. The van der Waals surface area contributed by atoms with Gasteiger partial charge in [-0.3, -0.25) is 4.79 Å². The number of likely N-dealkylation sites (tertiary alicyclic amines) is 1. The van der Waals surface area contributed by atoms with E-state index in [2.05, 4.69) is 31.0 Å². The van der Waals surface area contributed by atoms with Crippen LogP contribution in [-0.2, 0) is 9.53 Å². The van der Waals surface area contributed by atoms with Gasteiger partial charge in [0.05, 0.1) is 7.11 Å². The third-order valence-corrected chi connectivity index (χ3v) is 4.31. The first-order valence-electron chi connectivity index (χ1n) is 7.89. The van der Waals surface area contributed by atoms with E-state index in [4.69, 9.17) is 4.74 Å². The van der Waals surface area contributed by atoms with Crippen molar-refractivity contribution >= 4 is 5.97 Å². The predicted molar refractivity (Wildman–Crippen MR) is 82.8 cm³/mol. The van der Waals surface area contributed by atoms with E-state index in [1.54, 1.807) is 0 Å². The molecule has 1 fully saturated rings. The molecule has 4 heteroatoms. The molecule has 1 atom stereocenters. The monoisotopic (exact) mass is 284 g/mol. The fourth-order valence-electron chi connectivity index (χ4n) is 2.96. The van der Waals surface area contributed by atoms with E-state index in [9.17, 15) is 4.79 Å². The van der Waals surface area contributed by atoms with Gasteiger partial charge in [0, 0.05) is 6.54 Å². The van der Waals surface area contributed by atoms with Crippen LogP contribution in [0, 0.1) is 5.41 Å². The summed E-state index contributed by atoms with van der Waals surface area (Å²) in [5, 5.41) is 3.35. The molecule has 1 N–H and O–H groups in total. The van der Waals surface area contributed by atoms with Crippen LogP contribution in [0.5, 0.6) is 0 Å². The lowest BCUT2D eigenvalue weighted by Gasteiger charge is -2.29. The number of hydrogen-bond donors (Lipinski definition) is 1. The summed E-state index contributed by atoms with van der Waals surface area (Å²) in [5.41, 5.74) is -0.0912. The number of carbonyl (C=O) groups is 1. The molecule has 0 aliphatic carbocycles. The summed E-state index contributed by atoms with van der Waals surface area (Å²) in [5.74, 6) is -0.146. The van der Waals surface area contributed by atoms with E-state index in [0.29, 0.717) is 5.41 Å². The van der Waals surface area contributed by atoms with E-state index >= 15 is 0 Å². The molecule has 0 aromatic heterocycles. The van der Waals surface area contributed by atoms with Crippen molar-refractivity contribution in [2.75, 3.05) is 33.3 Å². The summed E-state index contributed by atoms with van der Waals surface area (Å²) >= 11 is 0. The van der Waals surface area contributed by atoms with Crippen LogP contribution in [0.4, 0.5) is 0 Å². The Morgan fingerprint density at radius 1 is 1.45 bits per heavy atom. The molecule has 0 aromatic rings.